The maximum atomic E-state index is 11.9. The molecule has 4 nitrogen and oxygen atoms in total. The molecule has 2 rings (SSSR count). The Labute approximate surface area is 150 Å². The van der Waals surface area contributed by atoms with Crippen LogP contribution in [-0.4, -0.2) is 19.1 Å². The molecule has 0 aliphatic heterocycles. The van der Waals surface area contributed by atoms with Crippen molar-refractivity contribution in [2.75, 3.05) is 23.8 Å². The second-order valence-electron chi connectivity index (χ2n) is 5.18. The molecule has 0 heterocycles. The van der Waals surface area contributed by atoms with E-state index in [4.69, 9.17) is 4.74 Å². The zero-order chi connectivity index (χ0) is 16.7. The summed E-state index contributed by atoms with van der Waals surface area (Å²) in [7, 11) is 0. The lowest BCUT2D eigenvalue weighted by Crippen LogP contribution is -2.21. The molecule has 1 amide bonds. The van der Waals surface area contributed by atoms with E-state index in [0.29, 0.717) is 6.61 Å². The fourth-order valence-corrected chi connectivity index (χ4v) is 2.16. The molecule has 0 aliphatic rings. The van der Waals surface area contributed by atoms with Crippen LogP contribution in [0.3, 0.4) is 0 Å². The number of ether oxygens (including phenoxy) is 1. The average Bonchev–Trinajstić information content (AvgIpc) is 2.54. The van der Waals surface area contributed by atoms with Gasteiger partial charge in [-0.1, -0.05) is 6.58 Å². The van der Waals surface area contributed by atoms with Gasteiger partial charge in [-0.05, 0) is 83.6 Å². The van der Waals surface area contributed by atoms with Crippen LogP contribution >= 0.6 is 22.6 Å². The van der Waals surface area contributed by atoms with Crippen LogP contribution in [0.1, 0.15) is 6.92 Å². The van der Waals surface area contributed by atoms with E-state index in [1.54, 1.807) is 0 Å². The molecule has 23 heavy (non-hydrogen) atoms. The van der Waals surface area contributed by atoms with Crippen LogP contribution in [0.4, 0.5) is 11.4 Å². The molecule has 0 aromatic heterocycles. The zero-order valence-corrected chi connectivity index (χ0v) is 15.1. The average molecular weight is 422 g/mol. The molecule has 0 atom stereocenters. The highest BCUT2D eigenvalue weighted by Gasteiger charge is 2.02. The second-order valence-corrected chi connectivity index (χ2v) is 6.42. The summed E-state index contributed by atoms with van der Waals surface area (Å²) >= 11 is 2.23. The van der Waals surface area contributed by atoms with E-state index in [9.17, 15) is 4.79 Å². The van der Waals surface area contributed by atoms with Gasteiger partial charge in [0.2, 0.25) is 5.91 Å². The molecule has 120 valence electrons. The first-order chi connectivity index (χ1) is 11.0. The summed E-state index contributed by atoms with van der Waals surface area (Å²) in [6, 6.07) is 15.2. The van der Waals surface area contributed by atoms with Crippen LogP contribution in [-0.2, 0) is 4.79 Å². The summed E-state index contributed by atoms with van der Waals surface area (Å²) in [4.78, 5) is 11.9. The summed E-state index contributed by atoms with van der Waals surface area (Å²) in [6.07, 6.45) is 0. The number of carbonyl (C=O) groups is 1. The van der Waals surface area contributed by atoms with Gasteiger partial charge in [-0.15, -0.1) is 0 Å². The van der Waals surface area contributed by atoms with Crippen LogP contribution in [0.5, 0.6) is 5.75 Å². The standard InChI is InChI=1S/C18H19IN2O2/c1-13(2)12-23-17-9-7-15(8-10-17)20-11-18(22)21-16-5-3-14(19)4-6-16/h3-10,20H,1,11-12H2,2H3,(H,21,22). The Morgan fingerprint density at radius 2 is 1.70 bits per heavy atom. The molecule has 0 spiro atoms. The van der Waals surface area contributed by atoms with Crippen molar-refractivity contribution in [3.63, 3.8) is 0 Å². The third-order valence-electron chi connectivity index (χ3n) is 2.92. The number of hydrogen-bond acceptors (Lipinski definition) is 3. The van der Waals surface area contributed by atoms with Crippen molar-refractivity contribution in [3.05, 3.63) is 64.3 Å². The third-order valence-corrected chi connectivity index (χ3v) is 3.64. The van der Waals surface area contributed by atoms with E-state index in [1.807, 2.05) is 55.5 Å². The van der Waals surface area contributed by atoms with Crippen molar-refractivity contribution in [3.8, 4) is 5.75 Å². The lowest BCUT2D eigenvalue weighted by atomic mass is 10.3. The molecule has 2 aromatic carbocycles. The zero-order valence-electron chi connectivity index (χ0n) is 12.9. The number of anilines is 2. The van der Waals surface area contributed by atoms with Crippen molar-refractivity contribution in [2.24, 2.45) is 0 Å². The summed E-state index contributed by atoms with van der Waals surface area (Å²) in [5.41, 5.74) is 2.63. The number of benzene rings is 2. The van der Waals surface area contributed by atoms with Gasteiger partial charge < -0.3 is 15.4 Å². The quantitative estimate of drug-likeness (QED) is 0.517. The van der Waals surface area contributed by atoms with E-state index in [-0.39, 0.29) is 12.5 Å². The predicted octanol–water partition coefficient (Wildman–Crippen LogP) is 4.30. The van der Waals surface area contributed by atoms with Crippen LogP contribution in [0, 0.1) is 3.57 Å². The van der Waals surface area contributed by atoms with Gasteiger partial charge in [-0.25, -0.2) is 0 Å². The molecule has 0 unspecified atom stereocenters. The molecular formula is C18H19IN2O2. The Morgan fingerprint density at radius 1 is 1.09 bits per heavy atom. The number of amides is 1. The molecule has 0 saturated carbocycles. The monoisotopic (exact) mass is 422 g/mol. The van der Waals surface area contributed by atoms with Gasteiger partial charge in [-0.2, -0.15) is 0 Å². The van der Waals surface area contributed by atoms with Gasteiger partial charge in [0.25, 0.3) is 0 Å². The topological polar surface area (TPSA) is 50.4 Å². The summed E-state index contributed by atoms with van der Waals surface area (Å²) in [6.45, 7) is 6.42. The number of halogens is 1. The van der Waals surface area contributed by atoms with E-state index in [2.05, 4.69) is 39.8 Å². The van der Waals surface area contributed by atoms with Crippen LogP contribution in [0.2, 0.25) is 0 Å². The van der Waals surface area contributed by atoms with Crippen molar-refractivity contribution in [1.29, 1.82) is 0 Å². The van der Waals surface area contributed by atoms with E-state index in [1.165, 1.54) is 0 Å². The van der Waals surface area contributed by atoms with Crippen molar-refractivity contribution < 1.29 is 9.53 Å². The Kier molecular flexibility index (Phi) is 6.46. The minimum absolute atomic E-state index is 0.0891. The minimum Gasteiger partial charge on any atom is -0.489 e. The Morgan fingerprint density at radius 3 is 2.30 bits per heavy atom. The number of rotatable bonds is 7. The molecule has 0 saturated heterocycles. The lowest BCUT2D eigenvalue weighted by molar-refractivity contribution is -0.114. The molecule has 2 aromatic rings. The first-order valence-corrected chi connectivity index (χ1v) is 8.27. The summed E-state index contributed by atoms with van der Waals surface area (Å²) in [5, 5.41) is 5.93. The Bertz CT molecular complexity index is 666. The fraction of sp³-hybridized carbons (Fsp3) is 0.167. The first-order valence-electron chi connectivity index (χ1n) is 7.19. The normalized spacial score (nSPS) is 10.0. The number of nitrogens with one attached hydrogen (secondary N) is 2. The molecule has 5 heteroatoms. The summed E-state index contributed by atoms with van der Waals surface area (Å²) < 4.78 is 6.66. The van der Waals surface area contributed by atoms with Crippen LogP contribution in [0.25, 0.3) is 0 Å². The van der Waals surface area contributed by atoms with Crippen molar-refractivity contribution >= 4 is 39.9 Å². The number of carbonyl (C=O) groups excluding carboxylic acids is 1. The van der Waals surface area contributed by atoms with Crippen LogP contribution in [0.15, 0.2) is 60.7 Å². The summed E-state index contributed by atoms with van der Waals surface area (Å²) in [5.74, 6) is 0.690. The smallest absolute Gasteiger partial charge is 0.243 e. The minimum atomic E-state index is -0.0891. The van der Waals surface area contributed by atoms with Gasteiger partial charge in [0.1, 0.15) is 12.4 Å². The Hall–Kier alpha value is -2.02. The lowest BCUT2D eigenvalue weighted by Gasteiger charge is -2.09. The van der Waals surface area contributed by atoms with Crippen molar-refractivity contribution in [1.82, 2.24) is 0 Å². The van der Waals surface area contributed by atoms with E-state index >= 15 is 0 Å². The van der Waals surface area contributed by atoms with Crippen LogP contribution < -0.4 is 15.4 Å². The highest BCUT2D eigenvalue weighted by atomic mass is 127. The van der Waals surface area contributed by atoms with Gasteiger partial charge in [0.05, 0.1) is 6.54 Å². The number of hydrogen-bond donors (Lipinski definition) is 2. The second kappa shape index (κ2) is 8.57. The maximum absolute atomic E-state index is 11.9. The van der Waals surface area contributed by atoms with Gasteiger partial charge in [0.15, 0.2) is 0 Å². The molecule has 2 N–H and O–H groups in total. The maximum Gasteiger partial charge on any atom is 0.243 e. The molecule has 0 aliphatic carbocycles. The molecule has 0 fully saturated rings. The van der Waals surface area contributed by atoms with Gasteiger partial charge >= 0.3 is 0 Å². The van der Waals surface area contributed by atoms with Gasteiger partial charge in [0, 0.05) is 14.9 Å². The Balaban J connectivity index is 1.79. The molecule has 0 radical (unpaired) electrons. The SMILES string of the molecule is C=C(C)COc1ccc(NCC(=O)Nc2ccc(I)cc2)cc1. The fourth-order valence-electron chi connectivity index (χ4n) is 1.80. The van der Waals surface area contributed by atoms with E-state index < -0.39 is 0 Å². The molecule has 0 bridgehead atoms. The highest BCUT2D eigenvalue weighted by molar-refractivity contribution is 14.1. The highest BCUT2D eigenvalue weighted by Crippen LogP contribution is 2.16. The molecular weight excluding hydrogens is 403 g/mol. The van der Waals surface area contributed by atoms with Gasteiger partial charge in [-0.3, -0.25) is 4.79 Å². The first kappa shape index (κ1) is 17.3. The van der Waals surface area contributed by atoms with Crippen molar-refractivity contribution in [2.45, 2.75) is 6.92 Å². The predicted molar refractivity (Wildman–Crippen MR) is 103 cm³/mol. The third kappa shape index (κ3) is 6.32. The van der Waals surface area contributed by atoms with E-state index in [0.717, 1.165) is 26.3 Å². The largest absolute Gasteiger partial charge is 0.489 e.